The Bertz CT molecular complexity index is 1220. The molecule has 4 rings (SSSR count). The molecular weight excluding hydrogens is 404 g/mol. The number of methoxy groups -OCH3 is 2. The maximum absolute atomic E-state index is 8.18. The first kappa shape index (κ1) is 21.2. The number of hydrogen-bond acceptors (Lipinski definition) is 7. The fourth-order valence-corrected chi connectivity index (χ4v) is 4.60. The summed E-state index contributed by atoms with van der Waals surface area (Å²) in [5.74, 6) is 1.65. The highest BCUT2D eigenvalue weighted by atomic mass is 16.5. The monoisotopic (exact) mass is 653 g/mol. The van der Waals surface area contributed by atoms with E-state index in [0.717, 1.165) is 60.0 Å². The van der Waals surface area contributed by atoms with E-state index in [0.29, 0.717) is 0 Å². The van der Waals surface area contributed by atoms with Gasteiger partial charge in [-0.15, -0.1) is 0 Å². The van der Waals surface area contributed by atoms with E-state index in [9.17, 15) is 0 Å². The van der Waals surface area contributed by atoms with Crippen LogP contribution in [0.5, 0.6) is 5.75 Å². The SMILES string of the molecule is [2H]N(C)[C@]1(C)CCN(Cc2ccn3ncnc(N(C)c4cc(OC)ccc4C)c23)C[C@H]1OC.[HH].[HH].[HH].[HH].[HH].[HH].[HH].[HH].[HH].[HH].[HH].[HH].[HH].[HH].[HH].[HH].[HH].[HH].[HH].[HH].[HH].[HH].[HH].[HH].[HH].[HH].[HH].[HH].[HH].[HH].[HH].[HH].[HH].[HH].[HH].[HH].[HH].[HH].[HH].[HH].[HH].[HH].[HH].[HH].[HH].[HH].[HH].[HH].[HH].[HH].[HH].[HH].[HH].[HH].[HH].[HH].[HH].[HH].[HH].[HH].[HH].[HH].[HH].[HH].[HH].[HH].[HH].[HH].[HH].[HH].[HH].[HH].[HH].[HH].[HH].[HH].[HH].[HH].[HH].[HH].[HH].[HH].[HH].[HH].[HH].[HH].[HH].[HH].[HH].[HH].[HH].[HH].[HH].[HH].[HH].[HH].[HH].[HH].[HH].[HH].[HH].[HH].[HH].[HH].[HH].[HH]. The molecule has 3 heterocycles. The van der Waals surface area contributed by atoms with Gasteiger partial charge in [-0.1, -0.05) is 6.07 Å². The Morgan fingerprint density at radius 2 is 2.19 bits per heavy atom. The molecule has 384 valence electrons. The highest BCUT2D eigenvalue weighted by molar-refractivity contribution is 5.79. The normalized spacial score (nSPS) is 22.3. The number of rotatable bonds is 7. The van der Waals surface area contributed by atoms with Gasteiger partial charge in [0.25, 0.3) is 0 Å². The van der Waals surface area contributed by atoms with Gasteiger partial charge in [0.15, 0.2) is 5.82 Å². The zero-order valence-electron chi connectivity index (χ0n) is 20.9. The molecule has 0 bridgehead atoms. The number of ether oxygens (including phenoxy) is 2. The molecule has 1 aliphatic rings. The van der Waals surface area contributed by atoms with Gasteiger partial charge in [0.1, 0.15) is 19.0 Å². The number of likely N-dealkylation sites (tertiary alicyclic amines) is 1. The van der Waals surface area contributed by atoms with Gasteiger partial charge >= 0.3 is 0 Å². The molecule has 2 aromatic heterocycles. The van der Waals surface area contributed by atoms with Gasteiger partial charge in [0.05, 0.1) is 13.2 Å². The molecular formula is C24H246N6O2. The number of anilines is 2. The van der Waals surface area contributed by atoms with E-state index >= 15 is 0 Å². The van der Waals surface area contributed by atoms with Gasteiger partial charge < -0.3 is 19.7 Å². The molecule has 32 heavy (non-hydrogen) atoms. The smallest absolute Gasteiger partial charge is 0.161 e. The van der Waals surface area contributed by atoms with Crippen molar-refractivity contribution in [3.8, 4) is 5.75 Å². The van der Waals surface area contributed by atoms with E-state index in [-0.39, 0.29) is 163 Å². The topological polar surface area (TPSA) is 67.2 Å². The minimum absolute atomic E-state index is 0. The first-order valence-corrected chi connectivity index (χ1v) is 11.0. The summed E-state index contributed by atoms with van der Waals surface area (Å²) < 4.78 is 21.3. The molecule has 8 nitrogen and oxygen atoms in total. The highest BCUT2D eigenvalue weighted by Gasteiger charge is 2.38. The molecule has 0 radical (unpaired) electrons. The third-order valence-electron chi connectivity index (χ3n) is 6.85. The Balaban J connectivity index is -0.00000000121. The van der Waals surface area contributed by atoms with Crippen molar-refractivity contribution >= 4 is 17.0 Å². The minimum atomic E-state index is -0.299. The van der Waals surface area contributed by atoms with Gasteiger partial charge in [-0.25, -0.2) is 9.50 Å². The molecule has 0 aliphatic carbocycles. The van der Waals surface area contributed by atoms with Crippen molar-refractivity contribution in [1.29, 1.82) is 0 Å². The average Bonchev–Trinajstić information content (AvgIpc) is 3.23. The summed E-state index contributed by atoms with van der Waals surface area (Å²) in [6.07, 6.45) is 4.40. The predicted octanol–water partition coefficient (Wildman–Crippen LogP) is 29.1. The van der Waals surface area contributed by atoms with Gasteiger partial charge in [-0.3, -0.25) is 4.90 Å². The van der Waals surface area contributed by atoms with Crippen LogP contribution in [0.4, 0.5) is 11.5 Å². The van der Waals surface area contributed by atoms with Gasteiger partial charge in [0, 0.05) is 209 Å². The number of nitrogens with zero attached hydrogens (tertiary/aromatic N) is 5. The summed E-state index contributed by atoms with van der Waals surface area (Å²) in [5.41, 5.74) is 4.03. The van der Waals surface area contributed by atoms with Crippen LogP contribution in [-0.2, 0) is 11.3 Å². The van der Waals surface area contributed by atoms with Gasteiger partial charge in [0.2, 0.25) is 0 Å². The van der Waals surface area contributed by atoms with Crippen LogP contribution in [0.2, 0.25) is 1.41 Å². The zero-order chi connectivity index (χ0) is 23.8. The van der Waals surface area contributed by atoms with Crippen LogP contribution in [-0.4, -0.2) is 72.5 Å². The quantitative estimate of drug-likeness (QED) is 0.272. The number of nitrogens with one attached hydrogen (secondary N) is 1. The third-order valence-corrected chi connectivity index (χ3v) is 6.85. The van der Waals surface area contributed by atoms with Crippen LogP contribution >= 0.6 is 0 Å². The molecule has 2 atom stereocenters. The van der Waals surface area contributed by atoms with Gasteiger partial charge in [-0.05, 0) is 50.6 Å². The maximum atomic E-state index is 8.18. The van der Waals surface area contributed by atoms with Crippen LogP contribution in [0, 0.1) is 6.92 Å². The number of hydrogen-bond donors (Lipinski definition) is 1. The van der Waals surface area contributed by atoms with Crippen LogP contribution in [0.3, 0.4) is 0 Å². The zero-order valence-corrected chi connectivity index (χ0v) is 19.9. The summed E-state index contributed by atoms with van der Waals surface area (Å²) >= 11 is 0. The van der Waals surface area contributed by atoms with Crippen LogP contribution in [0.15, 0.2) is 36.8 Å². The third kappa shape index (κ3) is 4.05. The highest BCUT2D eigenvalue weighted by Crippen LogP contribution is 2.33. The molecule has 1 aromatic carbocycles. The second-order valence-corrected chi connectivity index (χ2v) is 8.72. The van der Waals surface area contributed by atoms with Gasteiger partial charge in [-0.2, -0.15) is 5.10 Å². The summed E-state index contributed by atoms with van der Waals surface area (Å²) in [5, 5.41) is 5.99. The Labute approximate surface area is 349 Å². The largest absolute Gasteiger partial charge is 0.497 e. The fraction of sp³-hybridized carbons (Fsp3) is 0.500. The molecule has 1 saturated heterocycles. The van der Waals surface area contributed by atoms with E-state index in [2.05, 4.69) is 45.9 Å². The van der Waals surface area contributed by atoms with Crippen molar-refractivity contribution in [1.82, 2.24) is 24.8 Å². The molecule has 0 saturated carbocycles. The summed E-state index contributed by atoms with van der Waals surface area (Å²) in [6.45, 7) is 6.62. The maximum Gasteiger partial charge on any atom is 0.161 e. The summed E-state index contributed by atoms with van der Waals surface area (Å²) in [4.78, 5) is 9.15. The Morgan fingerprint density at radius 3 is 2.91 bits per heavy atom. The summed E-state index contributed by atoms with van der Waals surface area (Å²) in [6, 6.07) is 8.17. The second kappa shape index (κ2) is 9.05. The molecule has 8 heteroatoms. The van der Waals surface area contributed by atoms with E-state index in [4.69, 9.17) is 10.9 Å². The number of likely N-dealkylation sites (N-methyl/N-ethyl adjacent to an activating group) is 1. The van der Waals surface area contributed by atoms with Crippen LogP contribution < -0.4 is 14.9 Å². The second-order valence-electron chi connectivity index (χ2n) is 8.72. The Kier molecular flexibility index (Phi) is 5.99. The van der Waals surface area contributed by atoms with E-state index in [1.807, 2.05) is 36.9 Å². The van der Waals surface area contributed by atoms with Crippen LogP contribution in [0.1, 0.15) is 176 Å². The van der Waals surface area contributed by atoms with Crippen molar-refractivity contribution in [2.45, 2.75) is 38.5 Å². The molecule has 1 fully saturated rings. The van der Waals surface area contributed by atoms with Crippen molar-refractivity contribution < 1.29 is 162 Å². The first-order valence-electron chi connectivity index (χ1n) is 11.4. The van der Waals surface area contributed by atoms with E-state index in [1.54, 1.807) is 25.9 Å². The average molecular weight is 653 g/mol. The molecule has 1 aliphatic heterocycles. The van der Waals surface area contributed by atoms with Crippen LogP contribution in [0.25, 0.3) is 5.52 Å². The Hall–Kier alpha value is -2.68. The first-order chi connectivity index (χ1) is 15.8. The number of piperidine rings is 1. The molecule has 0 spiro atoms. The number of aromatic nitrogens is 3. The van der Waals surface area contributed by atoms with Crippen molar-refractivity contribution in [2.24, 2.45) is 0 Å². The number of fused-ring (bicyclic) bond motifs is 1. The lowest BCUT2D eigenvalue weighted by atomic mass is 9.86. The summed E-state index contributed by atoms with van der Waals surface area (Å²) in [7, 11) is 7.25. The standard InChI is InChI=1S/C24H34N6O2.106H2/c1-17-7-8-19(31-5)13-20(17)28(4)23-22-18(9-11-30(22)27-16-26-23)14-29-12-10-24(2,25-3)21(15-29)32-6;;;;;;;;;;;;;;;;;;;;;;;;;;;;;;;;;;;;;;;;;;;;;;;;;;;;;;;;;;;;;;;;;;;;;;;;;;;;;;;;;;;;;;;;;;;;;;;;;;;;;;;;;;/h7-9,11,13,16,21,25H,10,12,14-15H2,1-6H3;106*1H/t21-,24-;;;;;;;;;;;;;;;;;;;;;;;;;;;;;;;;;;;;;;;;;;;;;;;;;;;;;;;;;;;;;;;;;;;;;;;;;;;;;;;;;;;;;;;;;;;;;;;;;;;;;;;;;;/m1........................................................................................................../s1/i/hD. The van der Waals surface area contributed by atoms with Crippen molar-refractivity contribution in [2.75, 3.05) is 46.3 Å². The number of aryl methyl sites for hydroxylation is 1. The molecule has 3 aromatic rings. The lowest BCUT2D eigenvalue weighted by Crippen LogP contribution is -2.60. The van der Waals surface area contributed by atoms with E-state index < -0.39 is 0 Å². The Morgan fingerprint density at radius 1 is 1.38 bits per heavy atom. The lowest BCUT2D eigenvalue weighted by molar-refractivity contribution is -0.0341. The molecule has 0 unspecified atom stereocenters. The molecule has 1 N–H and O–H groups in total. The molecule has 0 amide bonds. The minimum Gasteiger partial charge on any atom is -0.497 e. The lowest BCUT2D eigenvalue weighted by Gasteiger charge is -2.45. The predicted molar refractivity (Wildman–Crippen MR) is 351 cm³/mol. The van der Waals surface area contributed by atoms with Crippen molar-refractivity contribution in [3.63, 3.8) is 0 Å². The van der Waals surface area contributed by atoms with E-state index in [1.165, 1.54) is 0 Å². The number of benzene rings is 1. The fourth-order valence-electron chi connectivity index (χ4n) is 4.60. The van der Waals surface area contributed by atoms with Crippen molar-refractivity contribution in [3.05, 3.63) is 47.9 Å².